The van der Waals surface area contributed by atoms with Crippen molar-refractivity contribution >= 4 is 17.5 Å². The van der Waals surface area contributed by atoms with Gasteiger partial charge in [0.05, 0.1) is 7.11 Å². The number of anilines is 3. The fraction of sp³-hybridized carbons (Fsp3) is 0.304. The van der Waals surface area contributed by atoms with E-state index in [-0.39, 0.29) is 0 Å². The number of nitrogens with one attached hydrogen (secondary N) is 2. The lowest BCUT2D eigenvalue weighted by Crippen LogP contribution is -2.10. The van der Waals surface area contributed by atoms with Crippen LogP contribution in [0.5, 0.6) is 5.75 Å². The molecule has 146 valence electrons. The number of nitrogens with zero attached hydrogens (tertiary/aromatic N) is 2. The van der Waals surface area contributed by atoms with Gasteiger partial charge in [-0.1, -0.05) is 35.9 Å². The van der Waals surface area contributed by atoms with Crippen molar-refractivity contribution in [3.63, 3.8) is 0 Å². The van der Waals surface area contributed by atoms with Crippen LogP contribution in [0.1, 0.15) is 27.9 Å². The van der Waals surface area contributed by atoms with E-state index in [9.17, 15) is 0 Å². The van der Waals surface area contributed by atoms with Gasteiger partial charge < -0.3 is 15.4 Å². The molecular weight excluding hydrogens is 348 g/mol. The number of benzene rings is 2. The first-order valence-corrected chi connectivity index (χ1v) is 9.52. The van der Waals surface area contributed by atoms with Crippen LogP contribution in [0.2, 0.25) is 0 Å². The van der Waals surface area contributed by atoms with Crippen LogP contribution < -0.4 is 15.4 Å². The van der Waals surface area contributed by atoms with Crippen LogP contribution in [0.3, 0.4) is 0 Å². The molecule has 0 saturated heterocycles. The lowest BCUT2D eigenvalue weighted by atomic mass is 10.1. The smallest absolute Gasteiger partial charge is 0.224 e. The van der Waals surface area contributed by atoms with Gasteiger partial charge in [-0.25, -0.2) is 4.98 Å². The highest BCUT2D eigenvalue weighted by Crippen LogP contribution is 2.26. The van der Waals surface area contributed by atoms with Crippen molar-refractivity contribution in [3.05, 3.63) is 70.4 Å². The Morgan fingerprint density at radius 2 is 1.64 bits per heavy atom. The number of aromatic nitrogens is 2. The van der Waals surface area contributed by atoms with Gasteiger partial charge in [-0.15, -0.1) is 0 Å². The van der Waals surface area contributed by atoms with Gasteiger partial charge in [0.1, 0.15) is 11.6 Å². The van der Waals surface area contributed by atoms with Crippen LogP contribution >= 0.6 is 0 Å². The molecule has 0 aliphatic carbocycles. The molecule has 2 N–H and O–H groups in total. The van der Waals surface area contributed by atoms with Crippen LogP contribution in [0.4, 0.5) is 17.5 Å². The van der Waals surface area contributed by atoms with Gasteiger partial charge in [0.25, 0.3) is 0 Å². The maximum Gasteiger partial charge on any atom is 0.224 e. The first kappa shape index (κ1) is 19.7. The Hall–Kier alpha value is -3.08. The van der Waals surface area contributed by atoms with E-state index in [1.807, 2.05) is 31.2 Å². The van der Waals surface area contributed by atoms with E-state index in [0.717, 1.165) is 41.5 Å². The number of para-hydroxylation sites is 1. The molecule has 0 aliphatic heterocycles. The maximum absolute atomic E-state index is 5.41. The molecule has 0 bridgehead atoms. The molecule has 0 radical (unpaired) electrons. The molecule has 1 aromatic heterocycles. The van der Waals surface area contributed by atoms with E-state index in [4.69, 9.17) is 4.74 Å². The van der Waals surface area contributed by atoms with Gasteiger partial charge in [-0.05, 0) is 56.9 Å². The van der Waals surface area contributed by atoms with E-state index in [1.54, 1.807) is 7.11 Å². The summed E-state index contributed by atoms with van der Waals surface area (Å²) in [6, 6.07) is 14.4. The second kappa shape index (κ2) is 8.74. The summed E-state index contributed by atoms with van der Waals surface area (Å²) in [7, 11) is 1.70. The van der Waals surface area contributed by atoms with Crippen molar-refractivity contribution in [1.82, 2.24) is 9.97 Å². The standard InChI is InChI=1S/C23H28N4O/c1-15-12-16(2)22(17(3)13-15)26-21-14-18(4)25-23(27-21)24-11-10-19-8-6-7-9-20(19)28-5/h6-9,12-14H,10-11H2,1-5H3,(H2,24,25,26,27). The minimum absolute atomic E-state index is 0.625. The first-order chi connectivity index (χ1) is 13.5. The Morgan fingerprint density at radius 3 is 2.36 bits per heavy atom. The molecule has 5 nitrogen and oxygen atoms in total. The number of hydrogen-bond acceptors (Lipinski definition) is 5. The molecule has 0 unspecified atom stereocenters. The highest BCUT2D eigenvalue weighted by atomic mass is 16.5. The summed E-state index contributed by atoms with van der Waals surface area (Å²) in [4.78, 5) is 9.16. The lowest BCUT2D eigenvalue weighted by Gasteiger charge is -2.15. The van der Waals surface area contributed by atoms with Crippen LogP contribution in [0.15, 0.2) is 42.5 Å². The van der Waals surface area contributed by atoms with E-state index in [0.29, 0.717) is 5.95 Å². The third-order valence-corrected chi connectivity index (χ3v) is 4.65. The van der Waals surface area contributed by atoms with Crippen molar-refractivity contribution in [2.24, 2.45) is 0 Å². The number of hydrogen-bond donors (Lipinski definition) is 2. The Labute approximate surface area is 167 Å². The zero-order chi connectivity index (χ0) is 20.1. The third kappa shape index (κ3) is 4.80. The Morgan fingerprint density at radius 1 is 0.929 bits per heavy atom. The summed E-state index contributed by atoms with van der Waals surface area (Å²) < 4.78 is 5.41. The van der Waals surface area contributed by atoms with Crippen molar-refractivity contribution in [2.75, 3.05) is 24.3 Å². The average Bonchev–Trinajstić information content (AvgIpc) is 2.64. The van der Waals surface area contributed by atoms with E-state index >= 15 is 0 Å². The number of ether oxygens (including phenoxy) is 1. The number of aryl methyl sites for hydroxylation is 4. The molecule has 2 aromatic carbocycles. The zero-order valence-corrected chi connectivity index (χ0v) is 17.3. The van der Waals surface area contributed by atoms with Crippen molar-refractivity contribution in [3.8, 4) is 5.75 Å². The van der Waals surface area contributed by atoms with Gasteiger partial charge in [-0.3, -0.25) is 0 Å². The largest absolute Gasteiger partial charge is 0.496 e. The van der Waals surface area contributed by atoms with Gasteiger partial charge in [-0.2, -0.15) is 4.98 Å². The molecule has 0 amide bonds. The van der Waals surface area contributed by atoms with Gasteiger partial charge >= 0.3 is 0 Å². The molecule has 0 fully saturated rings. The molecular formula is C23H28N4O. The molecule has 5 heteroatoms. The van der Waals surface area contributed by atoms with Gasteiger partial charge in [0.2, 0.25) is 5.95 Å². The Balaban J connectivity index is 1.71. The molecule has 3 rings (SSSR count). The third-order valence-electron chi connectivity index (χ3n) is 4.65. The quantitative estimate of drug-likeness (QED) is 0.599. The summed E-state index contributed by atoms with van der Waals surface area (Å²) in [6.07, 6.45) is 0.834. The van der Waals surface area contributed by atoms with Crippen LogP contribution in [-0.4, -0.2) is 23.6 Å². The van der Waals surface area contributed by atoms with Crippen LogP contribution in [0, 0.1) is 27.7 Å². The monoisotopic (exact) mass is 376 g/mol. The number of rotatable bonds is 7. The minimum atomic E-state index is 0.625. The van der Waals surface area contributed by atoms with Crippen LogP contribution in [-0.2, 0) is 6.42 Å². The normalized spacial score (nSPS) is 10.6. The molecule has 0 saturated carbocycles. The first-order valence-electron chi connectivity index (χ1n) is 9.52. The molecule has 28 heavy (non-hydrogen) atoms. The second-order valence-electron chi connectivity index (χ2n) is 7.11. The SMILES string of the molecule is COc1ccccc1CCNc1nc(C)cc(Nc2c(C)cc(C)cc2C)n1. The lowest BCUT2D eigenvalue weighted by molar-refractivity contribution is 0.410. The highest BCUT2D eigenvalue weighted by molar-refractivity contribution is 5.66. The summed E-state index contributed by atoms with van der Waals surface area (Å²) in [5, 5.41) is 6.80. The molecule has 0 aliphatic rings. The highest BCUT2D eigenvalue weighted by Gasteiger charge is 2.08. The number of methoxy groups -OCH3 is 1. The van der Waals surface area contributed by atoms with E-state index in [1.165, 1.54) is 16.7 Å². The van der Waals surface area contributed by atoms with Gasteiger partial charge in [0.15, 0.2) is 0 Å². The fourth-order valence-electron chi connectivity index (χ4n) is 3.44. The predicted molar refractivity (Wildman–Crippen MR) is 116 cm³/mol. The molecule has 3 aromatic rings. The van der Waals surface area contributed by atoms with E-state index in [2.05, 4.69) is 59.6 Å². The molecule has 0 spiro atoms. The topological polar surface area (TPSA) is 59.1 Å². The van der Waals surface area contributed by atoms with Crippen molar-refractivity contribution in [1.29, 1.82) is 0 Å². The molecule has 0 atom stereocenters. The van der Waals surface area contributed by atoms with Crippen molar-refractivity contribution in [2.45, 2.75) is 34.1 Å². The summed E-state index contributed by atoms with van der Waals surface area (Å²) in [5.74, 6) is 2.32. The average molecular weight is 377 g/mol. The fourth-order valence-corrected chi connectivity index (χ4v) is 3.44. The summed E-state index contributed by atoms with van der Waals surface area (Å²) in [5.41, 5.74) is 6.86. The second-order valence-corrected chi connectivity index (χ2v) is 7.11. The van der Waals surface area contributed by atoms with Crippen molar-refractivity contribution < 1.29 is 4.74 Å². The Kier molecular flexibility index (Phi) is 6.14. The zero-order valence-electron chi connectivity index (χ0n) is 17.3. The Bertz CT molecular complexity index is 946. The predicted octanol–water partition coefficient (Wildman–Crippen LogP) is 5.12. The molecule has 1 heterocycles. The van der Waals surface area contributed by atoms with E-state index < -0.39 is 0 Å². The summed E-state index contributed by atoms with van der Waals surface area (Å²) in [6.45, 7) is 9.05. The van der Waals surface area contributed by atoms with Crippen LogP contribution in [0.25, 0.3) is 0 Å². The summed E-state index contributed by atoms with van der Waals surface area (Å²) >= 11 is 0. The van der Waals surface area contributed by atoms with Gasteiger partial charge in [0, 0.05) is 24.0 Å². The maximum atomic E-state index is 5.41. The minimum Gasteiger partial charge on any atom is -0.496 e.